The molecule has 1 aromatic carbocycles. The SMILES string of the molecule is Fc1cc(C(F)(F)F)ccc1[C@@H]1CCCN1. The highest BCUT2D eigenvalue weighted by molar-refractivity contribution is 5.29. The van der Waals surface area contributed by atoms with Gasteiger partial charge >= 0.3 is 6.18 Å². The van der Waals surface area contributed by atoms with Crippen LogP contribution in [-0.4, -0.2) is 6.54 Å². The second kappa shape index (κ2) is 4.05. The molecule has 0 radical (unpaired) electrons. The van der Waals surface area contributed by atoms with Crippen LogP contribution in [0.2, 0.25) is 0 Å². The lowest BCUT2D eigenvalue weighted by molar-refractivity contribution is -0.137. The van der Waals surface area contributed by atoms with Crippen molar-refractivity contribution in [2.45, 2.75) is 25.1 Å². The summed E-state index contributed by atoms with van der Waals surface area (Å²) in [4.78, 5) is 0. The fourth-order valence-electron chi connectivity index (χ4n) is 1.94. The van der Waals surface area contributed by atoms with Gasteiger partial charge in [-0.3, -0.25) is 0 Å². The van der Waals surface area contributed by atoms with Crippen molar-refractivity contribution >= 4 is 0 Å². The van der Waals surface area contributed by atoms with Crippen LogP contribution in [0.3, 0.4) is 0 Å². The normalized spacial score (nSPS) is 21.4. The molecule has 1 nitrogen and oxygen atoms in total. The first-order valence-electron chi connectivity index (χ1n) is 5.08. The summed E-state index contributed by atoms with van der Waals surface area (Å²) in [5.41, 5.74) is -0.614. The topological polar surface area (TPSA) is 12.0 Å². The van der Waals surface area contributed by atoms with E-state index < -0.39 is 17.6 Å². The lowest BCUT2D eigenvalue weighted by Gasteiger charge is -2.13. The minimum Gasteiger partial charge on any atom is -0.310 e. The summed E-state index contributed by atoms with van der Waals surface area (Å²) < 4.78 is 50.4. The Morgan fingerprint density at radius 3 is 2.50 bits per heavy atom. The largest absolute Gasteiger partial charge is 0.416 e. The van der Waals surface area contributed by atoms with Gasteiger partial charge < -0.3 is 5.32 Å². The molecular weight excluding hydrogens is 222 g/mol. The van der Waals surface area contributed by atoms with Gasteiger partial charge in [-0.2, -0.15) is 13.2 Å². The number of nitrogens with one attached hydrogen (secondary N) is 1. The van der Waals surface area contributed by atoms with Gasteiger partial charge in [0.1, 0.15) is 5.82 Å². The summed E-state index contributed by atoms with van der Waals surface area (Å²) in [7, 11) is 0. The number of halogens is 4. The Kier molecular flexibility index (Phi) is 2.88. The van der Waals surface area contributed by atoms with E-state index in [1.165, 1.54) is 6.07 Å². The van der Waals surface area contributed by atoms with Crippen molar-refractivity contribution < 1.29 is 17.6 Å². The van der Waals surface area contributed by atoms with Gasteiger partial charge in [-0.05, 0) is 31.5 Å². The first-order chi connectivity index (χ1) is 7.48. The monoisotopic (exact) mass is 233 g/mol. The molecule has 5 heteroatoms. The number of alkyl halides is 3. The van der Waals surface area contributed by atoms with E-state index in [-0.39, 0.29) is 6.04 Å². The molecule has 1 fully saturated rings. The second-order valence-electron chi connectivity index (χ2n) is 3.88. The molecule has 1 aromatic rings. The fourth-order valence-corrected chi connectivity index (χ4v) is 1.94. The van der Waals surface area contributed by atoms with Gasteiger partial charge in [-0.1, -0.05) is 6.07 Å². The van der Waals surface area contributed by atoms with E-state index in [0.29, 0.717) is 11.6 Å². The summed E-state index contributed by atoms with van der Waals surface area (Å²) in [5, 5.41) is 3.05. The van der Waals surface area contributed by atoms with Crippen LogP contribution in [0.4, 0.5) is 17.6 Å². The molecule has 1 saturated heterocycles. The molecular formula is C11H11F4N. The van der Waals surface area contributed by atoms with Crippen molar-refractivity contribution in [3.05, 3.63) is 35.1 Å². The summed E-state index contributed by atoms with van der Waals surface area (Å²) in [5.74, 6) is -0.783. The zero-order chi connectivity index (χ0) is 11.8. The predicted octanol–water partition coefficient (Wildman–Crippen LogP) is 3.27. The molecule has 1 aliphatic rings. The summed E-state index contributed by atoms with van der Waals surface area (Å²) in [6.45, 7) is 0.783. The molecule has 0 unspecified atom stereocenters. The van der Waals surface area contributed by atoms with Crippen LogP contribution in [0.25, 0.3) is 0 Å². The first kappa shape index (κ1) is 11.4. The summed E-state index contributed by atoms with van der Waals surface area (Å²) >= 11 is 0. The Morgan fingerprint density at radius 1 is 1.25 bits per heavy atom. The van der Waals surface area contributed by atoms with Crippen molar-refractivity contribution in [3.63, 3.8) is 0 Å². The Bertz CT molecular complexity index is 380. The van der Waals surface area contributed by atoms with Gasteiger partial charge in [0.25, 0.3) is 0 Å². The Balaban J connectivity index is 2.29. The third-order valence-electron chi connectivity index (χ3n) is 2.76. The molecule has 2 rings (SSSR count). The van der Waals surface area contributed by atoms with Gasteiger partial charge in [0, 0.05) is 11.6 Å². The van der Waals surface area contributed by atoms with E-state index in [4.69, 9.17) is 0 Å². The van der Waals surface area contributed by atoms with Crippen molar-refractivity contribution in [2.75, 3.05) is 6.54 Å². The molecule has 0 saturated carbocycles. The zero-order valence-corrected chi connectivity index (χ0v) is 8.44. The van der Waals surface area contributed by atoms with Crippen molar-refractivity contribution in [1.29, 1.82) is 0 Å². The van der Waals surface area contributed by atoms with E-state index in [0.717, 1.165) is 25.5 Å². The number of benzene rings is 1. The molecule has 0 bridgehead atoms. The predicted molar refractivity (Wildman–Crippen MR) is 51.4 cm³/mol. The standard InChI is InChI=1S/C11H11F4N/c12-9-6-7(11(13,14)15)3-4-8(9)10-2-1-5-16-10/h3-4,6,10,16H,1-2,5H2/t10-/m0/s1. The van der Waals surface area contributed by atoms with Crippen LogP contribution in [-0.2, 0) is 6.18 Å². The van der Waals surface area contributed by atoms with Crippen LogP contribution in [0.5, 0.6) is 0 Å². The molecule has 16 heavy (non-hydrogen) atoms. The smallest absolute Gasteiger partial charge is 0.310 e. The highest BCUT2D eigenvalue weighted by Gasteiger charge is 2.32. The van der Waals surface area contributed by atoms with Crippen LogP contribution in [0, 0.1) is 5.82 Å². The van der Waals surface area contributed by atoms with Gasteiger partial charge in [0.05, 0.1) is 5.56 Å². The average molecular weight is 233 g/mol. The van der Waals surface area contributed by atoms with Crippen molar-refractivity contribution in [1.82, 2.24) is 5.32 Å². The Hall–Kier alpha value is -1.10. The van der Waals surface area contributed by atoms with Crippen LogP contribution >= 0.6 is 0 Å². The van der Waals surface area contributed by atoms with E-state index in [1.807, 2.05) is 0 Å². The second-order valence-corrected chi connectivity index (χ2v) is 3.88. The summed E-state index contributed by atoms with van der Waals surface area (Å²) in [6, 6.07) is 2.57. The molecule has 0 aromatic heterocycles. The zero-order valence-electron chi connectivity index (χ0n) is 8.44. The van der Waals surface area contributed by atoms with Crippen molar-refractivity contribution in [2.24, 2.45) is 0 Å². The third-order valence-corrected chi connectivity index (χ3v) is 2.76. The van der Waals surface area contributed by atoms with E-state index >= 15 is 0 Å². The molecule has 88 valence electrons. The minimum absolute atomic E-state index is 0.151. The average Bonchev–Trinajstić information content (AvgIpc) is 2.69. The fraction of sp³-hybridized carbons (Fsp3) is 0.455. The van der Waals surface area contributed by atoms with Gasteiger partial charge in [0.2, 0.25) is 0 Å². The van der Waals surface area contributed by atoms with Crippen LogP contribution in [0.1, 0.15) is 30.0 Å². The first-order valence-corrected chi connectivity index (χ1v) is 5.08. The molecule has 0 spiro atoms. The molecule has 1 heterocycles. The summed E-state index contributed by atoms with van der Waals surface area (Å²) in [6.07, 6.45) is -2.80. The van der Waals surface area contributed by atoms with Crippen LogP contribution in [0.15, 0.2) is 18.2 Å². The molecule has 0 aliphatic carbocycles. The highest BCUT2D eigenvalue weighted by Crippen LogP contribution is 2.32. The van der Waals surface area contributed by atoms with E-state index in [2.05, 4.69) is 5.32 Å². The highest BCUT2D eigenvalue weighted by atomic mass is 19.4. The number of hydrogen-bond acceptors (Lipinski definition) is 1. The Morgan fingerprint density at radius 2 is 2.00 bits per heavy atom. The third kappa shape index (κ3) is 2.19. The molecule has 1 aliphatic heterocycles. The molecule has 1 N–H and O–H groups in total. The maximum atomic E-state index is 13.5. The van der Waals surface area contributed by atoms with Gasteiger partial charge in [-0.15, -0.1) is 0 Å². The van der Waals surface area contributed by atoms with Gasteiger partial charge in [0.15, 0.2) is 0 Å². The Labute approximate surface area is 90.5 Å². The molecule has 1 atom stereocenters. The van der Waals surface area contributed by atoms with Crippen LogP contribution < -0.4 is 5.32 Å². The number of hydrogen-bond donors (Lipinski definition) is 1. The minimum atomic E-state index is -4.48. The van der Waals surface area contributed by atoms with Gasteiger partial charge in [-0.25, -0.2) is 4.39 Å². The lowest BCUT2D eigenvalue weighted by atomic mass is 10.0. The lowest BCUT2D eigenvalue weighted by Crippen LogP contribution is -2.15. The number of rotatable bonds is 1. The van der Waals surface area contributed by atoms with E-state index in [9.17, 15) is 17.6 Å². The maximum absolute atomic E-state index is 13.5. The molecule has 0 amide bonds. The van der Waals surface area contributed by atoms with Crippen molar-refractivity contribution in [3.8, 4) is 0 Å². The maximum Gasteiger partial charge on any atom is 0.416 e. The van der Waals surface area contributed by atoms with E-state index in [1.54, 1.807) is 0 Å². The quantitative estimate of drug-likeness (QED) is 0.734.